The van der Waals surface area contributed by atoms with E-state index in [1.54, 1.807) is 18.2 Å². The summed E-state index contributed by atoms with van der Waals surface area (Å²) in [4.78, 5) is 12.5. The molecule has 8 heteroatoms. The topological polar surface area (TPSA) is 88.3 Å². The van der Waals surface area contributed by atoms with Gasteiger partial charge in [-0.1, -0.05) is 12.1 Å². The lowest BCUT2D eigenvalue weighted by Gasteiger charge is -2.12. The van der Waals surface area contributed by atoms with E-state index < -0.39 is 0 Å². The van der Waals surface area contributed by atoms with Crippen LogP contribution in [0, 0.1) is 13.8 Å². The van der Waals surface area contributed by atoms with Gasteiger partial charge in [-0.25, -0.2) is 0 Å². The first kappa shape index (κ1) is 21.3. The summed E-state index contributed by atoms with van der Waals surface area (Å²) in [5.41, 5.74) is 5.61. The Balaban J connectivity index is 1.61. The first-order valence-corrected chi connectivity index (χ1v) is 9.75. The summed E-state index contributed by atoms with van der Waals surface area (Å²) >= 11 is 5.28. The van der Waals surface area contributed by atoms with Crippen molar-refractivity contribution in [3.63, 3.8) is 0 Å². The number of nitrogens with zero attached hydrogens (tertiary/aromatic N) is 1. The molecular formula is C22H24N4O3S. The molecule has 0 saturated heterocycles. The van der Waals surface area contributed by atoms with Gasteiger partial charge in [0, 0.05) is 35.0 Å². The van der Waals surface area contributed by atoms with Gasteiger partial charge in [-0.2, -0.15) is 5.10 Å². The van der Waals surface area contributed by atoms with E-state index in [-0.39, 0.29) is 11.0 Å². The van der Waals surface area contributed by atoms with Crippen LogP contribution in [0.2, 0.25) is 0 Å². The second-order valence-electron chi connectivity index (χ2n) is 6.80. The van der Waals surface area contributed by atoms with Crippen molar-refractivity contribution in [1.82, 2.24) is 15.5 Å². The zero-order chi connectivity index (χ0) is 21.7. The minimum Gasteiger partial charge on any atom is -0.497 e. The highest BCUT2D eigenvalue weighted by Crippen LogP contribution is 2.22. The Morgan fingerprint density at radius 2 is 1.70 bits per heavy atom. The molecule has 0 unspecified atom stereocenters. The Hall–Kier alpha value is -3.39. The Labute approximate surface area is 180 Å². The van der Waals surface area contributed by atoms with E-state index in [1.807, 2.05) is 38.1 Å². The number of aromatic nitrogens is 2. The average molecular weight is 425 g/mol. The smallest absolute Gasteiger partial charge is 0.257 e. The van der Waals surface area contributed by atoms with Crippen LogP contribution in [0.3, 0.4) is 0 Å². The Bertz CT molecular complexity index is 1020. The summed E-state index contributed by atoms with van der Waals surface area (Å²) in [6.07, 6.45) is 0.799. The van der Waals surface area contributed by atoms with E-state index in [0.717, 1.165) is 29.1 Å². The SMILES string of the molecule is COc1cc(OC)cc(C(=O)NC(=S)Nc2ccc(Cc3c(C)n[nH]c3C)cc2)c1. The van der Waals surface area contributed by atoms with Crippen LogP contribution in [0.4, 0.5) is 5.69 Å². The number of aromatic amines is 1. The standard InChI is InChI=1S/C22H24N4O3S/c1-13-20(14(2)26-25-13)9-15-5-7-17(8-6-15)23-22(30)24-21(27)16-10-18(28-3)12-19(11-16)29-4/h5-8,10-12H,9H2,1-4H3,(H,25,26)(H2,23,24,27,30). The van der Waals surface area contributed by atoms with E-state index in [9.17, 15) is 4.79 Å². The zero-order valence-corrected chi connectivity index (χ0v) is 18.1. The number of anilines is 1. The number of carbonyl (C=O) groups excluding carboxylic acids is 1. The maximum Gasteiger partial charge on any atom is 0.257 e. The summed E-state index contributed by atoms with van der Waals surface area (Å²) in [6, 6.07) is 12.8. The van der Waals surface area contributed by atoms with Crippen molar-refractivity contribution in [2.45, 2.75) is 20.3 Å². The second-order valence-corrected chi connectivity index (χ2v) is 7.20. The number of ether oxygens (including phenoxy) is 2. The molecule has 0 bridgehead atoms. The number of amides is 1. The molecule has 3 rings (SSSR count). The van der Waals surface area contributed by atoms with Crippen molar-refractivity contribution < 1.29 is 14.3 Å². The molecule has 0 atom stereocenters. The van der Waals surface area contributed by atoms with E-state index >= 15 is 0 Å². The van der Waals surface area contributed by atoms with Crippen molar-refractivity contribution in [1.29, 1.82) is 0 Å². The van der Waals surface area contributed by atoms with Crippen LogP contribution in [0.15, 0.2) is 42.5 Å². The van der Waals surface area contributed by atoms with Crippen molar-refractivity contribution in [3.05, 3.63) is 70.5 Å². The fourth-order valence-electron chi connectivity index (χ4n) is 3.02. The van der Waals surface area contributed by atoms with E-state index in [0.29, 0.717) is 17.1 Å². The maximum atomic E-state index is 12.5. The number of benzene rings is 2. The van der Waals surface area contributed by atoms with Gasteiger partial charge in [0.15, 0.2) is 5.11 Å². The van der Waals surface area contributed by atoms with E-state index in [2.05, 4.69) is 20.8 Å². The Kier molecular flexibility index (Phi) is 6.68. The van der Waals surface area contributed by atoms with E-state index in [4.69, 9.17) is 21.7 Å². The fraction of sp³-hybridized carbons (Fsp3) is 0.227. The third-order valence-corrected chi connectivity index (χ3v) is 4.92. The Morgan fingerprint density at radius 1 is 1.07 bits per heavy atom. The summed E-state index contributed by atoms with van der Waals surface area (Å²) in [5, 5.41) is 13.1. The predicted molar refractivity (Wildman–Crippen MR) is 121 cm³/mol. The number of rotatable bonds is 6. The van der Waals surface area contributed by atoms with Crippen LogP contribution in [-0.4, -0.2) is 35.4 Å². The fourth-order valence-corrected chi connectivity index (χ4v) is 3.23. The van der Waals surface area contributed by atoms with Crippen LogP contribution in [0.5, 0.6) is 11.5 Å². The van der Waals surface area contributed by atoms with Gasteiger partial charge in [0.2, 0.25) is 0 Å². The molecule has 0 radical (unpaired) electrons. The van der Waals surface area contributed by atoms with Crippen molar-refractivity contribution in [2.24, 2.45) is 0 Å². The lowest BCUT2D eigenvalue weighted by molar-refractivity contribution is 0.0977. The van der Waals surface area contributed by atoms with Crippen molar-refractivity contribution in [2.75, 3.05) is 19.5 Å². The molecule has 1 heterocycles. The zero-order valence-electron chi connectivity index (χ0n) is 17.3. The number of thiocarbonyl (C=S) groups is 1. The molecule has 3 N–H and O–H groups in total. The van der Waals surface area contributed by atoms with Gasteiger partial charge < -0.3 is 14.8 Å². The molecule has 30 heavy (non-hydrogen) atoms. The largest absolute Gasteiger partial charge is 0.497 e. The quantitative estimate of drug-likeness (QED) is 0.522. The molecule has 0 aliphatic carbocycles. The number of methoxy groups -OCH3 is 2. The highest BCUT2D eigenvalue weighted by atomic mass is 32.1. The molecule has 2 aromatic carbocycles. The third kappa shape index (κ3) is 5.15. The number of carbonyl (C=O) groups is 1. The molecule has 0 aliphatic rings. The van der Waals surface area contributed by atoms with Gasteiger partial charge in [0.1, 0.15) is 11.5 Å². The van der Waals surface area contributed by atoms with Gasteiger partial charge >= 0.3 is 0 Å². The third-order valence-electron chi connectivity index (χ3n) is 4.71. The lowest BCUT2D eigenvalue weighted by Crippen LogP contribution is -2.34. The highest BCUT2D eigenvalue weighted by Gasteiger charge is 2.12. The second kappa shape index (κ2) is 9.41. The first-order valence-electron chi connectivity index (χ1n) is 9.34. The van der Waals surface area contributed by atoms with Gasteiger partial charge in [0.25, 0.3) is 5.91 Å². The summed E-state index contributed by atoms with van der Waals surface area (Å²) < 4.78 is 10.4. The van der Waals surface area contributed by atoms with Crippen LogP contribution >= 0.6 is 12.2 Å². The van der Waals surface area contributed by atoms with Crippen LogP contribution in [0.1, 0.15) is 32.9 Å². The van der Waals surface area contributed by atoms with Crippen LogP contribution < -0.4 is 20.1 Å². The molecule has 3 aromatic rings. The lowest BCUT2D eigenvalue weighted by atomic mass is 10.0. The molecule has 0 aliphatic heterocycles. The van der Waals surface area contributed by atoms with Crippen LogP contribution in [0.25, 0.3) is 0 Å². The van der Waals surface area contributed by atoms with E-state index in [1.165, 1.54) is 19.8 Å². The molecule has 1 amide bonds. The molecule has 156 valence electrons. The molecule has 0 saturated carbocycles. The minimum absolute atomic E-state index is 0.205. The number of hydrogen-bond donors (Lipinski definition) is 3. The molecule has 0 spiro atoms. The summed E-state index contributed by atoms with van der Waals surface area (Å²) in [7, 11) is 3.06. The number of hydrogen-bond acceptors (Lipinski definition) is 5. The average Bonchev–Trinajstić information content (AvgIpc) is 3.06. The Morgan fingerprint density at radius 3 is 2.23 bits per heavy atom. The molecule has 1 aromatic heterocycles. The normalized spacial score (nSPS) is 10.4. The van der Waals surface area contributed by atoms with Gasteiger partial charge in [-0.3, -0.25) is 15.2 Å². The number of nitrogens with one attached hydrogen (secondary N) is 3. The summed E-state index contributed by atoms with van der Waals surface area (Å²) in [6.45, 7) is 4.01. The van der Waals surface area contributed by atoms with Crippen molar-refractivity contribution in [3.8, 4) is 11.5 Å². The maximum absolute atomic E-state index is 12.5. The van der Waals surface area contributed by atoms with Crippen molar-refractivity contribution >= 4 is 28.9 Å². The van der Waals surface area contributed by atoms with Gasteiger partial charge in [-0.05, 0) is 55.9 Å². The first-order chi connectivity index (χ1) is 14.4. The monoisotopic (exact) mass is 424 g/mol. The molecule has 0 fully saturated rings. The predicted octanol–water partition coefficient (Wildman–Crippen LogP) is 3.76. The van der Waals surface area contributed by atoms with Gasteiger partial charge in [-0.15, -0.1) is 0 Å². The molecule has 7 nitrogen and oxygen atoms in total. The number of H-pyrrole nitrogens is 1. The highest BCUT2D eigenvalue weighted by molar-refractivity contribution is 7.80. The molecular weight excluding hydrogens is 400 g/mol. The van der Waals surface area contributed by atoms with Crippen LogP contribution in [-0.2, 0) is 6.42 Å². The number of aryl methyl sites for hydroxylation is 2. The van der Waals surface area contributed by atoms with Gasteiger partial charge in [0.05, 0.1) is 19.9 Å². The minimum atomic E-state index is -0.354. The summed E-state index contributed by atoms with van der Waals surface area (Å²) in [5.74, 6) is 0.696.